The van der Waals surface area contributed by atoms with Crippen molar-refractivity contribution >= 4 is 23.5 Å². The molecule has 0 bridgehead atoms. The van der Waals surface area contributed by atoms with Gasteiger partial charge < -0.3 is 10.4 Å². The Kier molecular flexibility index (Phi) is 6.45. The van der Waals surface area contributed by atoms with Crippen LogP contribution in [-0.2, 0) is 4.79 Å². The minimum Gasteiger partial charge on any atom is -0.481 e. The zero-order valence-corrected chi connectivity index (χ0v) is 15.8. The maximum absolute atomic E-state index is 12.9. The van der Waals surface area contributed by atoms with Gasteiger partial charge in [-0.15, -0.1) is 0 Å². The van der Waals surface area contributed by atoms with Gasteiger partial charge in [0, 0.05) is 17.8 Å². The number of pyridine rings is 1. The normalized spacial score (nSPS) is 20.3. The van der Waals surface area contributed by atoms with Crippen molar-refractivity contribution in [2.24, 2.45) is 5.92 Å². The van der Waals surface area contributed by atoms with Crippen molar-refractivity contribution in [1.82, 2.24) is 10.3 Å². The summed E-state index contributed by atoms with van der Waals surface area (Å²) in [5.41, 5.74) is 1.88. The summed E-state index contributed by atoms with van der Waals surface area (Å²) in [6.45, 7) is 0. The summed E-state index contributed by atoms with van der Waals surface area (Å²) in [4.78, 5) is 28.8. The maximum Gasteiger partial charge on any atom is 0.308 e. The second-order valence-electron chi connectivity index (χ2n) is 6.93. The van der Waals surface area contributed by atoms with Gasteiger partial charge in [-0.05, 0) is 37.1 Å². The zero-order chi connectivity index (χ0) is 19.2. The van der Waals surface area contributed by atoms with Gasteiger partial charge in [-0.25, -0.2) is 0 Å². The molecule has 1 amide bonds. The van der Waals surface area contributed by atoms with E-state index in [9.17, 15) is 14.7 Å². The summed E-state index contributed by atoms with van der Waals surface area (Å²) in [6, 6.07) is 10.4. The maximum atomic E-state index is 12.9. The topological polar surface area (TPSA) is 79.3 Å². The van der Waals surface area contributed by atoms with Crippen molar-refractivity contribution in [2.75, 3.05) is 0 Å². The monoisotopic (exact) mass is 386 g/mol. The third-order valence-electron chi connectivity index (χ3n) is 5.07. The summed E-state index contributed by atoms with van der Waals surface area (Å²) < 4.78 is 0. The van der Waals surface area contributed by atoms with Crippen LogP contribution in [0, 0.1) is 5.92 Å². The Morgan fingerprint density at radius 3 is 2.56 bits per heavy atom. The summed E-state index contributed by atoms with van der Waals surface area (Å²) in [6.07, 6.45) is 6.84. The lowest BCUT2D eigenvalue weighted by molar-refractivity contribution is -0.143. The van der Waals surface area contributed by atoms with E-state index in [0.717, 1.165) is 36.9 Å². The number of hydrogen-bond acceptors (Lipinski definition) is 3. The number of carboxylic acid groups (broad SMARTS) is 1. The number of aromatic nitrogens is 1. The number of aliphatic carboxylic acids is 1. The molecule has 1 aromatic carbocycles. The highest BCUT2D eigenvalue weighted by Crippen LogP contribution is 2.26. The Hall–Kier alpha value is -2.40. The molecular formula is C21H23ClN2O3. The first-order chi connectivity index (χ1) is 13.1. The van der Waals surface area contributed by atoms with Crippen LogP contribution >= 0.6 is 11.6 Å². The Balaban J connectivity index is 1.83. The number of nitrogens with one attached hydrogen (secondary N) is 1. The van der Waals surface area contributed by atoms with Crippen LogP contribution in [-0.4, -0.2) is 28.0 Å². The van der Waals surface area contributed by atoms with Gasteiger partial charge in [0.15, 0.2) is 0 Å². The Morgan fingerprint density at radius 1 is 1.07 bits per heavy atom. The molecule has 2 unspecified atom stereocenters. The van der Waals surface area contributed by atoms with Crippen LogP contribution < -0.4 is 5.32 Å². The number of carbonyl (C=O) groups is 2. The third kappa shape index (κ3) is 4.86. The summed E-state index contributed by atoms with van der Waals surface area (Å²) in [5.74, 6) is -1.75. The fourth-order valence-electron chi connectivity index (χ4n) is 3.59. The fraction of sp³-hybridized carbons (Fsp3) is 0.381. The summed E-state index contributed by atoms with van der Waals surface area (Å²) in [7, 11) is 0. The first-order valence-electron chi connectivity index (χ1n) is 9.31. The molecule has 1 aromatic heterocycles. The highest BCUT2D eigenvalue weighted by atomic mass is 35.5. The first kappa shape index (κ1) is 19.4. The van der Waals surface area contributed by atoms with Gasteiger partial charge in [0.05, 0.1) is 22.2 Å². The molecule has 1 aliphatic carbocycles. The molecule has 0 spiro atoms. The van der Waals surface area contributed by atoms with Crippen LogP contribution in [0.4, 0.5) is 0 Å². The van der Waals surface area contributed by atoms with E-state index in [0.29, 0.717) is 23.4 Å². The number of halogens is 1. The molecule has 5 nitrogen and oxygen atoms in total. The molecule has 1 saturated carbocycles. The predicted molar refractivity (Wildman–Crippen MR) is 105 cm³/mol. The molecule has 3 rings (SSSR count). The molecule has 0 radical (unpaired) electrons. The van der Waals surface area contributed by atoms with Gasteiger partial charge in [0.2, 0.25) is 0 Å². The molecule has 6 heteroatoms. The van der Waals surface area contributed by atoms with Gasteiger partial charge in [0.25, 0.3) is 5.91 Å². The Labute approximate surface area is 163 Å². The van der Waals surface area contributed by atoms with Crippen LogP contribution in [0.5, 0.6) is 0 Å². The summed E-state index contributed by atoms with van der Waals surface area (Å²) in [5, 5.41) is 12.8. The Bertz CT molecular complexity index is 810. The average Bonchev–Trinajstić information content (AvgIpc) is 2.64. The zero-order valence-electron chi connectivity index (χ0n) is 15.0. The van der Waals surface area contributed by atoms with Crippen LogP contribution in [0.1, 0.15) is 48.9 Å². The van der Waals surface area contributed by atoms with Crippen LogP contribution in [0.2, 0.25) is 5.02 Å². The molecular weight excluding hydrogens is 364 g/mol. The van der Waals surface area contributed by atoms with E-state index < -0.39 is 11.9 Å². The van der Waals surface area contributed by atoms with E-state index >= 15 is 0 Å². The standard InChI is InChI=1S/C21H23ClN2O3/c22-17-11-10-14(18-8-5-6-12-23-18)13-16(17)20(25)24-19-9-4-2-1-3-7-15(19)21(26)27/h5-6,8,10-13,15,19H,1-4,7,9H2,(H,24,25)(H,26,27). The molecule has 1 fully saturated rings. The molecule has 1 heterocycles. The van der Waals surface area contributed by atoms with Gasteiger partial charge >= 0.3 is 5.97 Å². The smallest absolute Gasteiger partial charge is 0.308 e. The van der Waals surface area contributed by atoms with Crippen molar-refractivity contribution in [3.63, 3.8) is 0 Å². The van der Waals surface area contributed by atoms with E-state index in [4.69, 9.17) is 11.6 Å². The minimum absolute atomic E-state index is 0.338. The van der Waals surface area contributed by atoms with E-state index in [1.807, 2.05) is 24.3 Å². The highest BCUT2D eigenvalue weighted by Gasteiger charge is 2.30. The van der Waals surface area contributed by atoms with Gasteiger partial charge in [-0.2, -0.15) is 0 Å². The molecule has 0 aliphatic heterocycles. The summed E-state index contributed by atoms with van der Waals surface area (Å²) >= 11 is 6.26. The number of carbonyl (C=O) groups excluding carboxylic acids is 1. The molecule has 1 aliphatic rings. The van der Waals surface area contributed by atoms with Crippen molar-refractivity contribution < 1.29 is 14.7 Å². The van der Waals surface area contributed by atoms with Crippen molar-refractivity contribution in [2.45, 2.75) is 44.6 Å². The van der Waals surface area contributed by atoms with Crippen molar-refractivity contribution in [3.05, 3.63) is 53.2 Å². The largest absolute Gasteiger partial charge is 0.481 e. The number of amides is 1. The molecule has 27 heavy (non-hydrogen) atoms. The van der Waals surface area contributed by atoms with Crippen LogP contribution in [0.15, 0.2) is 42.6 Å². The quantitative estimate of drug-likeness (QED) is 0.807. The number of nitrogens with zero attached hydrogens (tertiary/aromatic N) is 1. The van der Waals surface area contributed by atoms with Crippen molar-refractivity contribution in [3.8, 4) is 11.3 Å². The number of carboxylic acids is 1. The second-order valence-corrected chi connectivity index (χ2v) is 7.33. The predicted octanol–water partition coefficient (Wildman–Crippen LogP) is 4.56. The first-order valence-corrected chi connectivity index (χ1v) is 9.68. The average molecular weight is 387 g/mol. The lowest BCUT2D eigenvalue weighted by Gasteiger charge is -2.27. The minimum atomic E-state index is -0.851. The molecule has 2 atom stereocenters. The van der Waals surface area contributed by atoms with E-state index in [-0.39, 0.29) is 11.9 Å². The second kappa shape index (κ2) is 9.00. The van der Waals surface area contributed by atoms with Crippen molar-refractivity contribution in [1.29, 1.82) is 0 Å². The van der Waals surface area contributed by atoms with Crippen LogP contribution in [0.25, 0.3) is 11.3 Å². The fourth-order valence-corrected chi connectivity index (χ4v) is 3.79. The lowest BCUT2D eigenvalue weighted by atomic mass is 9.86. The van der Waals surface area contributed by atoms with E-state index in [1.54, 1.807) is 18.3 Å². The van der Waals surface area contributed by atoms with Gasteiger partial charge in [0.1, 0.15) is 0 Å². The third-order valence-corrected chi connectivity index (χ3v) is 5.40. The SMILES string of the molecule is O=C(NC1CCCCCCC1C(=O)O)c1cc(-c2ccccn2)ccc1Cl. The number of benzene rings is 1. The molecule has 2 aromatic rings. The lowest BCUT2D eigenvalue weighted by Crippen LogP contribution is -2.44. The highest BCUT2D eigenvalue weighted by molar-refractivity contribution is 6.34. The number of hydrogen-bond donors (Lipinski definition) is 2. The molecule has 2 N–H and O–H groups in total. The Morgan fingerprint density at radius 2 is 1.85 bits per heavy atom. The molecule has 142 valence electrons. The number of rotatable bonds is 4. The molecule has 0 saturated heterocycles. The van der Waals surface area contributed by atoms with Crippen LogP contribution in [0.3, 0.4) is 0 Å². The van der Waals surface area contributed by atoms with E-state index in [2.05, 4.69) is 10.3 Å². The van der Waals surface area contributed by atoms with Gasteiger partial charge in [-0.3, -0.25) is 14.6 Å². The van der Waals surface area contributed by atoms with E-state index in [1.165, 1.54) is 0 Å². The van der Waals surface area contributed by atoms with Gasteiger partial charge in [-0.1, -0.05) is 49.4 Å².